The lowest BCUT2D eigenvalue weighted by Gasteiger charge is -2.29. The molecular formula is C15H25NO2. The molecule has 0 aliphatic heterocycles. The van der Waals surface area contributed by atoms with Crippen molar-refractivity contribution >= 4 is 0 Å². The highest BCUT2D eigenvalue weighted by Gasteiger charge is 2.25. The number of ether oxygens (including phenoxy) is 2. The smallest absolute Gasteiger partial charge is 0.122 e. The summed E-state index contributed by atoms with van der Waals surface area (Å²) in [4.78, 5) is 0. The van der Waals surface area contributed by atoms with Gasteiger partial charge in [0.05, 0.1) is 14.2 Å². The Morgan fingerprint density at radius 3 is 2.33 bits per heavy atom. The van der Waals surface area contributed by atoms with Crippen molar-refractivity contribution in [3.8, 4) is 11.5 Å². The zero-order valence-electron chi connectivity index (χ0n) is 12.3. The maximum atomic E-state index is 5.45. The normalized spacial score (nSPS) is 11.7. The van der Waals surface area contributed by atoms with Crippen molar-refractivity contribution in [1.82, 2.24) is 5.32 Å². The molecule has 0 radical (unpaired) electrons. The van der Waals surface area contributed by atoms with Crippen LogP contribution in [0.3, 0.4) is 0 Å². The van der Waals surface area contributed by atoms with Gasteiger partial charge in [-0.25, -0.2) is 0 Å². The van der Waals surface area contributed by atoms with E-state index < -0.39 is 0 Å². The number of hydrogen-bond acceptors (Lipinski definition) is 3. The van der Waals surface area contributed by atoms with Crippen molar-refractivity contribution in [1.29, 1.82) is 0 Å². The van der Waals surface area contributed by atoms with E-state index in [0.29, 0.717) is 6.04 Å². The van der Waals surface area contributed by atoms with Crippen LogP contribution in [0.2, 0.25) is 0 Å². The third-order valence-corrected chi connectivity index (χ3v) is 3.09. The van der Waals surface area contributed by atoms with Crippen LogP contribution in [0, 0.1) is 0 Å². The molecular weight excluding hydrogens is 226 g/mol. The topological polar surface area (TPSA) is 30.5 Å². The van der Waals surface area contributed by atoms with E-state index in [1.807, 2.05) is 12.1 Å². The molecule has 0 fully saturated rings. The van der Waals surface area contributed by atoms with Gasteiger partial charge in [0.25, 0.3) is 0 Å². The molecule has 1 aromatic rings. The van der Waals surface area contributed by atoms with E-state index in [-0.39, 0.29) is 5.41 Å². The zero-order valence-corrected chi connectivity index (χ0v) is 12.3. The number of benzene rings is 1. The number of methoxy groups -OCH3 is 2. The molecule has 3 nitrogen and oxygen atoms in total. The molecule has 1 N–H and O–H groups in total. The molecule has 0 atom stereocenters. The van der Waals surface area contributed by atoms with Crippen molar-refractivity contribution in [2.75, 3.05) is 20.8 Å². The fourth-order valence-corrected chi connectivity index (χ4v) is 1.90. The molecule has 0 saturated carbocycles. The largest absolute Gasteiger partial charge is 0.497 e. The molecule has 102 valence electrons. The Bertz CT molecular complexity index is 386. The van der Waals surface area contributed by atoms with Crippen LogP contribution in [-0.4, -0.2) is 26.8 Å². The Balaban J connectivity index is 3.03. The van der Waals surface area contributed by atoms with Crippen molar-refractivity contribution in [2.24, 2.45) is 0 Å². The minimum absolute atomic E-state index is 0.00977. The molecule has 18 heavy (non-hydrogen) atoms. The van der Waals surface area contributed by atoms with E-state index in [1.165, 1.54) is 0 Å². The summed E-state index contributed by atoms with van der Waals surface area (Å²) in [6, 6.07) is 6.42. The Hall–Kier alpha value is -1.22. The highest BCUT2D eigenvalue weighted by Crippen LogP contribution is 2.34. The second-order valence-electron chi connectivity index (χ2n) is 5.49. The number of rotatable bonds is 6. The van der Waals surface area contributed by atoms with E-state index in [1.54, 1.807) is 14.2 Å². The van der Waals surface area contributed by atoms with E-state index >= 15 is 0 Å². The second kappa shape index (κ2) is 6.10. The lowest BCUT2D eigenvalue weighted by atomic mass is 9.83. The van der Waals surface area contributed by atoms with Gasteiger partial charge in [-0.2, -0.15) is 0 Å². The number of hydrogen-bond donors (Lipinski definition) is 1. The highest BCUT2D eigenvalue weighted by atomic mass is 16.5. The molecule has 1 aromatic carbocycles. The first-order valence-electron chi connectivity index (χ1n) is 6.36. The van der Waals surface area contributed by atoms with Crippen molar-refractivity contribution in [3.05, 3.63) is 23.8 Å². The summed E-state index contributed by atoms with van der Waals surface area (Å²) in [5, 5.41) is 3.48. The summed E-state index contributed by atoms with van der Waals surface area (Å²) in [5.41, 5.74) is 1.15. The second-order valence-corrected chi connectivity index (χ2v) is 5.49. The van der Waals surface area contributed by atoms with Gasteiger partial charge in [0.2, 0.25) is 0 Å². The Morgan fingerprint density at radius 1 is 1.17 bits per heavy atom. The molecule has 0 aromatic heterocycles. The van der Waals surface area contributed by atoms with Crippen molar-refractivity contribution in [3.63, 3.8) is 0 Å². The Kier molecular flexibility index (Phi) is 5.03. The monoisotopic (exact) mass is 251 g/mol. The molecule has 0 aliphatic rings. The van der Waals surface area contributed by atoms with Gasteiger partial charge in [-0.3, -0.25) is 0 Å². The Morgan fingerprint density at radius 2 is 1.83 bits per heavy atom. The van der Waals surface area contributed by atoms with Gasteiger partial charge < -0.3 is 14.8 Å². The van der Waals surface area contributed by atoms with Gasteiger partial charge in [-0.05, 0) is 18.2 Å². The average molecular weight is 251 g/mol. The van der Waals surface area contributed by atoms with E-state index in [4.69, 9.17) is 9.47 Å². The molecule has 0 aliphatic carbocycles. The van der Waals surface area contributed by atoms with Crippen LogP contribution in [0.15, 0.2) is 18.2 Å². The standard InChI is InChI=1S/C15H25NO2/c1-11(2)16-10-15(3,4)13-9-12(17-5)7-8-14(13)18-6/h7-9,11,16H,10H2,1-6H3. The van der Waals surface area contributed by atoms with Gasteiger partial charge in [-0.1, -0.05) is 27.7 Å². The third-order valence-electron chi connectivity index (χ3n) is 3.09. The molecule has 0 bridgehead atoms. The van der Waals surface area contributed by atoms with Gasteiger partial charge in [0, 0.05) is 23.6 Å². The summed E-state index contributed by atoms with van der Waals surface area (Å²) in [6.45, 7) is 9.62. The first-order valence-corrected chi connectivity index (χ1v) is 6.36. The first kappa shape index (κ1) is 14.8. The minimum atomic E-state index is -0.00977. The predicted molar refractivity (Wildman–Crippen MR) is 75.7 cm³/mol. The van der Waals surface area contributed by atoms with Crippen LogP contribution in [-0.2, 0) is 5.41 Å². The average Bonchev–Trinajstić information content (AvgIpc) is 2.35. The predicted octanol–water partition coefficient (Wildman–Crippen LogP) is 2.98. The summed E-state index contributed by atoms with van der Waals surface area (Å²) in [5.74, 6) is 1.77. The SMILES string of the molecule is COc1ccc(OC)c(C(C)(C)CNC(C)C)c1. The first-order chi connectivity index (χ1) is 8.40. The fraction of sp³-hybridized carbons (Fsp3) is 0.600. The summed E-state index contributed by atoms with van der Waals surface area (Å²) in [6.07, 6.45) is 0. The van der Waals surface area contributed by atoms with Crippen LogP contribution in [0.5, 0.6) is 11.5 Å². The van der Waals surface area contributed by atoms with Gasteiger partial charge >= 0.3 is 0 Å². The maximum Gasteiger partial charge on any atom is 0.122 e. The Labute approximate surface area is 110 Å². The molecule has 0 spiro atoms. The minimum Gasteiger partial charge on any atom is -0.497 e. The van der Waals surface area contributed by atoms with Gasteiger partial charge in [-0.15, -0.1) is 0 Å². The van der Waals surface area contributed by atoms with Crippen LogP contribution in [0.4, 0.5) is 0 Å². The molecule has 1 rings (SSSR count). The third kappa shape index (κ3) is 3.64. The van der Waals surface area contributed by atoms with E-state index in [9.17, 15) is 0 Å². The summed E-state index contributed by atoms with van der Waals surface area (Å²) in [7, 11) is 3.39. The van der Waals surface area contributed by atoms with Gasteiger partial charge in [0.1, 0.15) is 11.5 Å². The number of nitrogens with one attached hydrogen (secondary N) is 1. The van der Waals surface area contributed by atoms with Crippen LogP contribution in [0.25, 0.3) is 0 Å². The molecule has 0 saturated heterocycles. The molecule has 0 unspecified atom stereocenters. The van der Waals surface area contributed by atoms with Gasteiger partial charge in [0.15, 0.2) is 0 Å². The van der Waals surface area contributed by atoms with Crippen molar-refractivity contribution in [2.45, 2.75) is 39.2 Å². The lowest BCUT2D eigenvalue weighted by Crippen LogP contribution is -2.36. The van der Waals surface area contributed by atoms with E-state index in [2.05, 4.69) is 39.1 Å². The molecule has 0 amide bonds. The maximum absolute atomic E-state index is 5.45. The summed E-state index contributed by atoms with van der Waals surface area (Å²) >= 11 is 0. The highest BCUT2D eigenvalue weighted by molar-refractivity contribution is 5.44. The van der Waals surface area contributed by atoms with Crippen LogP contribution < -0.4 is 14.8 Å². The molecule has 3 heteroatoms. The van der Waals surface area contributed by atoms with E-state index in [0.717, 1.165) is 23.6 Å². The van der Waals surface area contributed by atoms with Crippen LogP contribution >= 0.6 is 0 Å². The van der Waals surface area contributed by atoms with Crippen LogP contribution in [0.1, 0.15) is 33.3 Å². The zero-order chi connectivity index (χ0) is 13.8. The summed E-state index contributed by atoms with van der Waals surface area (Å²) < 4.78 is 10.8. The molecule has 0 heterocycles. The quantitative estimate of drug-likeness (QED) is 0.843. The fourth-order valence-electron chi connectivity index (χ4n) is 1.90. The lowest BCUT2D eigenvalue weighted by molar-refractivity contribution is 0.373. The van der Waals surface area contributed by atoms with Crippen molar-refractivity contribution < 1.29 is 9.47 Å².